The highest BCUT2D eigenvalue weighted by Gasteiger charge is 2.00. The molecule has 1 rings (SSSR count). The average Bonchev–Trinajstić information content (AvgIpc) is 2.42. The Labute approximate surface area is 107 Å². The van der Waals surface area contributed by atoms with E-state index in [1.54, 1.807) is 13.2 Å². The number of nitrogens with one attached hydrogen (secondary N) is 1. The SMILES string of the molecule is COC(=O)CCCCCNc1cc(OC)ncn1. The van der Waals surface area contributed by atoms with Gasteiger partial charge in [-0.1, -0.05) is 6.42 Å². The fourth-order valence-corrected chi connectivity index (χ4v) is 1.44. The molecule has 0 saturated heterocycles. The lowest BCUT2D eigenvalue weighted by atomic mass is 10.2. The maximum absolute atomic E-state index is 10.9. The number of carbonyl (C=O) groups is 1. The maximum Gasteiger partial charge on any atom is 0.305 e. The van der Waals surface area contributed by atoms with E-state index in [1.807, 2.05) is 0 Å². The second-order valence-corrected chi connectivity index (χ2v) is 3.76. The van der Waals surface area contributed by atoms with Crippen LogP contribution in [0.4, 0.5) is 5.82 Å². The lowest BCUT2D eigenvalue weighted by molar-refractivity contribution is -0.140. The zero-order chi connectivity index (χ0) is 13.2. The Balaban J connectivity index is 2.12. The minimum absolute atomic E-state index is 0.150. The van der Waals surface area contributed by atoms with Gasteiger partial charge in [0.2, 0.25) is 5.88 Å². The third kappa shape index (κ3) is 5.47. The number of aromatic nitrogens is 2. The molecule has 0 aliphatic carbocycles. The summed E-state index contributed by atoms with van der Waals surface area (Å²) in [6, 6.07) is 1.74. The Hall–Kier alpha value is -1.85. The van der Waals surface area contributed by atoms with Crippen molar-refractivity contribution >= 4 is 11.8 Å². The molecule has 0 fully saturated rings. The van der Waals surface area contributed by atoms with E-state index >= 15 is 0 Å². The third-order valence-corrected chi connectivity index (χ3v) is 2.44. The van der Waals surface area contributed by atoms with Crippen LogP contribution >= 0.6 is 0 Å². The predicted molar refractivity (Wildman–Crippen MR) is 67.6 cm³/mol. The molecule has 0 aliphatic rings. The highest BCUT2D eigenvalue weighted by molar-refractivity contribution is 5.68. The van der Waals surface area contributed by atoms with Gasteiger partial charge in [0.1, 0.15) is 12.1 Å². The van der Waals surface area contributed by atoms with E-state index in [9.17, 15) is 4.79 Å². The molecule has 1 heterocycles. The van der Waals surface area contributed by atoms with Crippen molar-refractivity contribution in [3.63, 3.8) is 0 Å². The van der Waals surface area contributed by atoms with Crippen LogP contribution in [0.25, 0.3) is 0 Å². The van der Waals surface area contributed by atoms with Crippen molar-refractivity contribution in [2.75, 3.05) is 26.1 Å². The molecule has 0 amide bonds. The van der Waals surface area contributed by atoms with Gasteiger partial charge in [0.15, 0.2) is 0 Å². The zero-order valence-electron chi connectivity index (χ0n) is 10.8. The fraction of sp³-hybridized carbons (Fsp3) is 0.583. The van der Waals surface area contributed by atoms with Crippen molar-refractivity contribution in [2.45, 2.75) is 25.7 Å². The number of nitrogens with zero attached hydrogens (tertiary/aromatic N) is 2. The second kappa shape index (κ2) is 8.27. The van der Waals surface area contributed by atoms with Crippen molar-refractivity contribution in [2.24, 2.45) is 0 Å². The van der Waals surface area contributed by atoms with Crippen LogP contribution in [0.2, 0.25) is 0 Å². The van der Waals surface area contributed by atoms with Crippen LogP contribution in [-0.4, -0.2) is 36.7 Å². The molecular weight excluding hydrogens is 234 g/mol. The number of ether oxygens (including phenoxy) is 2. The second-order valence-electron chi connectivity index (χ2n) is 3.76. The molecule has 0 unspecified atom stereocenters. The molecule has 18 heavy (non-hydrogen) atoms. The number of methoxy groups -OCH3 is 2. The molecule has 6 nitrogen and oxygen atoms in total. The highest BCUT2D eigenvalue weighted by atomic mass is 16.5. The minimum Gasteiger partial charge on any atom is -0.481 e. The van der Waals surface area contributed by atoms with Crippen LogP contribution < -0.4 is 10.1 Å². The van der Waals surface area contributed by atoms with Gasteiger partial charge >= 0.3 is 5.97 Å². The first-order valence-corrected chi connectivity index (χ1v) is 5.93. The van der Waals surface area contributed by atoms with Gasteiger partial charge in [-0.2, -0.15) is 0 Å². The molecule has 0 radical (unpaired) electrons. The van der Waals surface area contributed by atoms with E-state index in [0.29, 0.717) is 12.3 Å². The van der Waals surface area contributed by atoms with E-state index in [2.05, 4.69) is 20.0 Å². The molecule has 1 aromatic rings. The number of carbonyl (C=O) groups excluding carboxylic acids is 1. The normalized spacial score (nSPS) is 9.89. The van der Waals surface area contributed by atoms with Crippen molar-refractivity contribution < 1.29 is 14.3 Å². The quantitative estimate of drug-likeness (QED) is 0.560. The number of rotatable bonds is 8. The maximum atomic E-state index is 10.9. The fourth-order valence-electron chi connectivity index (χ4n) is 1.44. The summed E-state index contributed by atoms with van der Waals surface area (Å²) in [6.45, 7) is 0.807. The zero-order valence-corrected chi connectivity index (χ0v) is 10.8. The van der Waals surface area contributed by atoms with Crippen molar-refractivity contribution in [3.8, 4) is 5.88 Å². The number of anilines is 1. The third-order valence-electron chi connectivity index (χ3n) is 2.44. The van der Waals surface area contributed by atoms with Crippen LogP contribution in [0.3, 0.4) is 0 Å². The van der Waals surface area contributed by atoms with E-state index in [0.717, 1.165) is 31.6 Å². The molecule has 0 saturated carbocycles. The Morgan fingerprint density at radius 3 is 2.83 bits per heavy atom. The van der Waals surface area contributed by atoms with E-state index in [-0.39, 0.29) is 5.97 Å². The van der Waals surface area contributed by atoms with E-state index < -0.39 is 0 Å². The summed E-state index contributed by atoms with van der Waals surface area (Å²) < 4.78 is 9.56. The highest BCUT2D eigenvalue weighted by Crippen LogP contribution is 2.10. The molecule has 1 aromatic heterocycles. The lowest BCUT2D eigenvalue weighted by Crippen LogP contribution is -2.05. The molecule has 1 N–H and O–H groups in total. The Morgan fingerprint density at radius 1 is 1.28 bits per heavy atom. The van der Waals surface area contributed by atoms with Crippen LogP contribution in [0.1, 0.15) is 25.7 Å². The summed E-state index contributed by atoms with van der Waals surface area (Å²) in [7, 11) is 2.98. The smallest absolute Gasteiger partial charge is 0.305 e. The molecule has 6 heteroatoms. The van der Waals surface area contributed by atoms with Gasteiger partial charge in [0, 0.05) is 19.0 Å². The van der Waals surface area contributed by atoms with Crippen molar-refractivity contribution in [3.05, 3.63) is 12.4 Å². The van der Waals surface area contributed by atoms with Crippen LogP contribution in [0.15, 0.2) is 12.4 Å². The molecule has 0 bridgehead atoms. The lowest BCUT2D eigenvalue weighted by Gasteiger charge is -2.06. The van der Waals surface area contributed by atoms with Crippen molar-refractivity contribution in [1.82, 2.24) is 9.97 Å². The Morgan fingerprint density at radius 2 is 2.11 bits per heavy atom. The first-order valence-electron chi connectivity index (χ1n) is 5.93. The average molecular weight is 253 g/mol. The summed E-state index contributed by atoms with van der Waals surface area (Å²) >= 11 is 0. The summed E-state index contributed by atoms with van der Waals surface area (Å²) in [5.41, 5.74) is 0. The van der Waals surface area contributed by atoms with Gasteiger partial charge in [0.25, 0.3) is 0 Å². The van der Waals surface area contributed by atoms with Gasteiger partial charge in [-0.25, -0.2) is 9.97 Å². The predicted octanol–water partition coefficient (Wildman–Crippen LogP) is 1.63. The number of esters is 1. The Kier molecular flexibility index (Phi) is 6.53. The van der Waals surface area contributed by atoms with Gasteiger partial charge < -0.3 is 14.8 Å². The van der Waals surface area contributed by atoms with E-state index in [4.69, 9.17) is 4.74 Å². The Bertz CT molecular complexity index is 371. The molecule has 0 spiro atoms. The first kappa shape index (κ1) is 14.2. The molecule has 0 aromatic carbocycles. The monoisotopic (exact) mass is 253 g/mol. The van der Waals surface area contributed by atoms with Gasteiger partial charge in [0.05, 0.1) is 14.2 Å². The van der Waals surface area contributed by atoms with Gasteiger partial charge in [-0.3, -0.25) is 4.79 Å². The van der Waals surface area contributed by atoms with E-state index in [1.165, 1.54) is 13.4 Å². The first-order chi connectivity index (χ1) is 8.76. The number of hydrogen-bond acceptors (Lipinski definition) is 6. The summed E-state index contributed by atoms with van der Waals surface area (Å²) in [5, 5.41) is 3.17. The molecule has 100 valence electrons. The van der Waals surface area contributed by atoms with Gasteiger partial charge in [-0.15, -0.1) is 0 Å². The van der Waals surface area contributed by atoms with Crippen LogP contribution in [-0.2, 0) is 9.53 Å². The number of unbranched alkanes of at least 4 members (excludes halogenated alkanes) is 2. The van der Waals surface area contributed by atoms with Gasteiger partial charge in [-0.05, 0) is 12.8 Å². The molecule has 0 atom stereocenters. The minimum atomic E-state index is -0.150. The van der Waals surface area contributed by atoms with Crippen LogP contribution in [0.5, 0.6) is 5.88 Å². The standard InChI is InChI=1S/C12H19N3O3/c1-17-11-8-10(14-9-15-11)13-7-5-3-4-6-12(16)18-2/h8-9H,3-7H2,1-2H3,(H,13,14,15). The molecule has 0 aliphatic heterocycles. The van der Waals surface area contributed by atoms with Crippen LogP contribution in [0, 0.1) is 0 Å². The van der Waals surface area contributed by atoms with Crippen molar-refractivity contribution in [1.29, 1.82) is 0 Å². The molecular formula is C12H19N3O3. The largest absolute Gasteiger partial charge is 0.481 e. The topological polar surface area (TPSA) is 73.3 Å². The summed E-state index contributed by atoms with van der Waals surface area (Å²) in [4.78, 5) is 18.9. The summed E-state index contributed by atoms with van der Waals surface area (Å²) in [5.74, 6) is 1.14. The summed E-state index contributed by atoms with van der Waals surface area (Å²) in [6.07, 6.45) is 4.74. The number of hydrogen-bond donors (Lipinski definition) is 1.